The van der Waals surface area contributed by atoms with E-state index in [0.29, 0.717) is 18.2 Å². The van der Waals surface area contributed by atoms with Crippen LogP contribution in [0.2, 0.25) is 0 Å². The molecule has 1 amide bonds. The quantitative estimate of drug-likeness (QED) is 0.911. The lowest BCUT2D eigenvalue weighted by molar-refractivity contribution is 0.0906. The van der Waals surface area contributed by atoms with Gasteiger partial charge in [0.05, 0.1) is 0 Å². The van der Waals surface area contributed by atoms with E-state index in [2.05, 4.69) is 5.32 Å². The third-order valence-electron chi connectivity index (χ3n) is 3.81. The van der Waals surface area contributed by atoms with Gasteiger partial charge < -0.3 is 15.5 Å². The Balaban J connectivity index is 0.00000147. The van der Waals surface area contributed by atoms with Crippen molar-refractivity contribution in [3.63, 3.8) is 0 Å². The zero-order valence-electron chi connectivity index (χ0n) is 11.4. The van der Waals surface area contributed by atoms with Gasteiger partial charge in [-0.2, -0.15) is 0 Å². The van der Waals surface area contributed by atoms with Crippen molar-refractivity contribution in [2.75, 3.05) is 6.54 Å². The molecule has 0 saturated heterocycles. The van der Waals surface area contributed by atoms with Crippen LogP contribution in [0, 0.1) is 12.8 Å². The molecule has 0 radical (unpaired) electrons. The summed E-state index contributed by atoms with van der Waals surface area (Å²) in [7, 11) is 0. The predicted octanol–water partition coefficient (Wildman–Crippen LogP) is 2.63. The molecule has 4 nitrogen and oxygen atoms in total. The van der Waals surface area contributed by atoms with Gasteiger partial charge in [-0.1, -0.05) is 18.2 Å². The number of carbonyl (C=O) groups excluding carboxylic acids is 1. The van der Waals surface area contributed by atoms with E-state index in [0.717, 1.165) is 29.4 Å². The number of halogens is 1. The fourth-order valence-corrected chi connectivity index (χ4v) is 2.49. The molecule has 1 aliphatic carbocycles. The molecule has 1 unspecified atom stereocenters. The highest BCUT2D eigenvalue weighted by Crippen LogP contribution is 2.32. The lowest BCUT2D eigenvalue weighted by Gasteiger charge is -2.15. The summed E-state index contributed by atoms with van der Waals surface area (Å²) in [6, 6.07) is 7.76. The molecule has 0 aliphatic heterocycles. The maximum Gasteiger partial charge on any atom is 0.287 e. The third-order valence-corrected chi connectivity index (χ3v) is 3.81. The van der Waals surface area contributed by atoms with Crippen molar-refractivity contribution in [2.45, 2.75) is 25.8 Å². The molecule has 3 rings (SSSR count). The van der Waals surface area contributed by atoms with Crippen LogP contribution in [0.15, 0.2) is 28.7 Å². The summed E-state index contributed by atoms with van der Waals surface area (Å²) in [5, 5.41) is 3.98. The largest absolute Gasteiger partial charge is 0.451 e. The van der Waals surface area contributed by atoms with E-state index in [1.807, 2.05) is 31.2 Å². The number of fused-ring (bicyclic) bond motifs is 1. The average Bonchev–Trinajstić information content (AvgIpc) is 3.21. The molecule has 2 aromatic rings. The SMILES string of the molecule is Cc1c(C(=O)NC(CN)C2CC2)oc2ccccc12.Cl. The van der Waals surface area contributed by atoms with Gasteiger partial charge in [0.1, 0.15) is 5.58 Å². The first kappa shape index (κ1) is 14.9. The minimum Gasteiger partial charge on any atom is -0.451 e. The van der Waals surface area contributed by atoms with Crippen molar-refractivity contribution < 1.29 is 9.21 Å². The standard InChI is InChI=1S/C15H18N2O2.ClH/c1-9-11-4-2-3-5-13(11)19-14(9)15(18)17-12(8-16)10-6-7-10;/h2-5,10,12H,6-8,16H2,1H3,(H,17,18);1H. The summed E-state index contributed by atoms with van der Waals surface area (Å²) in [5.74, 6) is 0.787. The molecule has 1 fully saturated rings. The van der Waals surface area contributed by atoms with E-state index >= 15 is 0 Å². The summed E-state index contributed by atoms with van der Waals surface area (Å²) < 4.78 is 5.65. The maximum absolute atomic E-state index is 12.3. The van der Waals surface area contributed by atoms with Gasteiger partial charge in [0.15, 0.2) is 5.76 Å². The molecule has 5 heteroatoms. The summed E-state index contributed by atoms with van der Waals surface area (Å²) in [4.78, 5) is 12.3. The van der Waals surface area contributed by atoms with Crippen molar-refractivity contribution >= 4 is 29.3 Å². The van der Waals surface area contributed by atoms with Crippen molar-refractivity contribution in [1.29, 1.82) is 0 Å². The summed E-state index contributed by atoms with van der Waals surface area (Å²) in [6.45, 7) is 2.39. The van der Waals surface area contributed by atoms with E-state index < -0.39 is 0 Å². The van der Waals surface area contributed by atoms with E-state index in [1.165, 1.54) is 0 Å². The highest BCUT2D eigenvalue weighted by molar-refractivity contribution is 5.99. The Morgan fingerprint density at radius 1 is 1.45 bits per heavy atom. The molecule has 1 heterocycles. The zero-order chi connectivity index (χ0) is 13.4. The zero-order valence-corrected chi connectivity index (χ0v) is 12.2. The molecule has 1 aromatic heterocycles. The number of hydrogen-bond acceptors (Lipinski definition) is 3. The van der Waals surface area contributed by atoms with Crippen LogP contribution in [0.4, 0.5) is 0 Å². The summed E-state index contributed by atoms with van der Waals surface area (Å²) >= 11 is 0. The number of benzene rings is 1. The summed E-state index contributed by atoms with van der Waals surface area (Å²) in [5.41, 5.74) is 7.35. The van der Waals surface area contributed by atoms with E-state index in [9.17, 15) is 4.79 Å². The van der Waals surface area contributed by atoms with Crippen molar-refractivity contribution in [3.8, 4) is 0 Å². The molecule has 0 spiro atoms. The Hall–Kier alpha value is -1.52. The van der Waals surface area contributed by atoms with Crippen LogP contribution in [0.1, 0.15) is 29.0 Å². The molecule has 0 bridgehead atoms. The van der Waals surface area contributed by atoms with Crippen LogP contribution >= 0.6 is 12.4 Å². The first-order valence-electron chi connectivity index (χ1n) is 6.69. The number of nitrogens with one attached hydrogen (secondary N) is 1. The minimum atomic E-state index is -0.156. The van der Waals surface area contributed by atoms with Crippen LogP contribution in [0.25, 0.3) is 11.0 Å². The number of aryl methyl sites for hydroxylation is 1. The van der Waals surface area contributed by atoms with Gasteiger partial charge in [-0.05, 0) is 31.7 Å². The Morgan fingerprint density at radius 3 is 2.75 bits per heavy atom. The van der Waals surface area contributed by atoms with Crippen LogP contribution in [0.3, 0.4) is 0 Å². The number of para-hydroxylation sites is 1. The second-order valence-corrected chi connectivity index (χ2v) is 5.21. The fraction of sp³-hybridized carbons (Fsp3) is 0.400. The van der Waals surface area contributed by atoms with Crippen LogP contribution in [0.5, 0.6) is 0 Å². The Morgan fingerprint density at radius 2 is 2.15 bits per heavy atom. The highest BCUT2D eigenvalue weighted by atomic mass is 35.5. The number of amides is 1. The number of furan rings is 1. The fourth-order valence-electron chi connectivity index (χ4n) is 2.49. The molecule has 3 N–H and O–H groups in total. The Kier molecular flexibility index (Phi) is 4.35. The minimum absolute atomic E-state index is 0. The molecular formula is C15H19ClN2O2. The second kappa shape index (κ2) is 5.85. The Labute approximate surface area is 124 Å². The lowest BCUT2D eigenvalue weighted by atomic mass is 10.1. The van der Waals surface area contributed by atoms with Crippen molar-refractivity contribution in [1.82, 2.24) is 5.32 Å². The van der Waals surface area contributed by atoms with Gasteiger partial charge in [-0.25, -0.2) is 0 Å². The lowest BCUT2D eigenvalue weighted by Crippen LogP contribution is -2.41. The van der Waals surface area contributed by atoms with Crippen molar-refractivity contribution in [3.05, 3.63) is 35.6 Å². The monoisotopic (exact) mass is 294 g/mol. The van der Waals surface area contributed by atoms with Gasteiger partial charge in [0.25, 0.3) is 5.91 Å². The maximum atomic E-state index is 12.3. The average molecular weight is 295 g/mol. The van der Waals surface area contributed by atoms with E-state index in [4.69, 9.17) is 10.2 Å². The highest BCUT2D eigenvalue weighted by Gasteiger charge is 2.32. The summed E-state index contributed by atoms with van der Waals surface area (Å²) in [6.07, 6.45) is 2.31. The molecule has 1 atom stereocenters. The number of rotatable bonds is 4. The van der Waals surface area contributed by atoms with Crippen LogP contribution in [-0.4, -0.2) is 18.5 Å². The molecule has 108 valence electrons. The van der Waals surface area contributed by atoms with Gasteiger partial charge in [0.2, 0.25) is 0 Å². The second-order valence-electron chi connectivity index (χ2n) is 5.21. The first-order chi connectivity index (χ1) is 9.20. The van der Waals surface area contributed by atoms with Crippen LogP contribution < -0.4 is 11.1 Å². The topological polar surface area (TPSA) is 68.3 Å². The first-order valence-corrected chi connectivity index (χ1v) is 6.69. The molecule has 20 heavy (non-hydrogen) atoms. The normalized spacial score (nSPS) is 15.7. The number of hydrogen-bond donors (Lipinski definition) is 2. The van der Waals surface area contributed by atoms with Gasteiger partial charge in [0, 0.05) is 23.5 Å². The van der Waals surface area contributed by atoms with Gasteiger partial charge in [-0.15, -0.1) is 12.4 Å². The van der Waals surface area contributed by atoms with Gasteiger partial charge >= 0.3 is 0 Å². The molecule has 1 aromatic carbocycles. The van der Waals surface area contributed by atoms with E-state index in [1.54, 1.807) is 0 Å². The van der Waals surface area contributed by atoms with Crippen molar-refractivity contribution in [2.24, 2.45) is 11.7 Å². The number of nitrogens with two attached hydrogens (primary N) is 1. The van der Waals surface area contributed by atoms with Crippen LogP contribution in [-0.2, 0) is 0 Å². The third kappa shape index (κ3) is 2.67. The number of carbonyl (C=O) groups is 1. The molecular weight excluding hydrogens is 276 g/mol. The predicted molar refractivity (Wildman–Crippen MR) is 81.2 cm³/mol. The smallest absolute Gasteiger partial charge is 0.287 e. The molecule has 1 aliphatic rings. The Bertz CT molecular complexity index is 619. The molecule has 1 saturated carbocycles. The van der Waals surface area contributed by atoms with E-state index in [-0.39, 0.29) is 24.4 Å². The van der Waals surface area contributed by atoms with Gasteiger partial charge in [-0.3, -0.25) is 4.79 Å².